The fraction of sp³-hybridized carbons (Fsp3) is 0.375. The molecule has 28 heavy (non-hydrogen) atoms. The molecule has 0 spiro atoms. The van der Waals surface area contributed by atoms with Crippen LogP contribution in [-0.4, -0.2) is 20.2 Å². The van der Waals surface area contributed by atoms with Gasteiger partial charge in [-0.1, -0.05) is 51.1 Å². The lowest BCUT2D eigenvalue weighted by molar-refractivity contribution is 0.0834. The fourth-order valence-electron chi connectivity index (χ4n) is 3.67. The lowest BCUT2D eigenvalue weighted by Gasteiger charge is -2.42. The van der Waals surface area contributed by atoms with E-state index >= 15 is 0 Å². The molecule has 3 nitrogen and oxygen atoms in total. The molecule has 0 N–H and O–H groups in total. The van der Waals surface area contributed by atoms with Gasteiger partial charge in [-0.15, -0.1) is 0 Å². The van der Waals surface area contributed by atoms with Crippen molar-refractivity contribution in [3.05, 3.63) is 64.7 Å². The SMILES string of the molecule is CC(=O)c1ccc2c(c1)C=C1c3ccccc3O[C@H]1[C@@H]2O[Si](C)(C)C(C)(C)C. The van der Waals surface area contributed by atoms with Crippen molar-refractivity contribution in [3.8, 4) is 5.75 Å². The zero-order valence-corrected chi connectivity index (χ0v) is 18.5. The normalized spacial score (nSPS) is 20.6. The van der Waals surface area contributed by atoms with Gasteiger partial charge in [-0.05, 0) is 54.4 Å². The molecule has 0 aromatic heterocycles. The maximum absolute atomic E-state index is 11.9. The van der Waals surface area contributed by atoms with Crippen molar-refractivity contribution in [2.45, 2.75) is 58.0 Å². The smallest absolute Gasteiger partial charge is 0.193 e. The van der Waals surface area contributed by atoms with Crippen LogP contribution in [0.15, 0.2) is 42.5 Å². The highest BCUT2D eigenvalue weighted by atomic mass is 28.4. The molecule has 146 valence electrons. The molecule has 0 saturated heterocycles. The summed E-state index contributed by atoms with van der Waals surface area (Å²) in [6.45, 7) is 12.9. The van der Waals surface area contributed by atoms with Crippen LogP contribution in [0.4, 0.5) is 0 Å². The van der Waals surface area contributed by atoms with Crippen molar-refractivity contribution in [1.29, 1.82) is 0 Å². The quantitative estimate of drug-likeness (QED) is 0.456. The largest absolute Gasteiger partial charge is 0.482 e. The van der Waals surface area contributed by atoms with Crippen molar-refractivity contribution < 1.29 is 14.0 Å². The highest BCUT2D eigenvalue weighted by Gasteiger charge is 2.46. The van der Waals surface area contributed by atoms with Gasteiger partial charge in [0, 0.05) is 16.7 Å². The van der Waals surface area contributed by atoms with E-state index in [1.54, 1.807) is 6.92 Å². The third kappa shape index (κ3) is 3.05. The molecular formula is C24H28O3Si. The van der Waals surface area contributed by atoms with Gasteiger partial charge in [0.2, 0.25) is 0 Å². The van der Waals surface area contributed by atoms with Gasteiger partial charge in [-0.2, -0.15) is 0 Å². The molecule has 2 aromatic carbocycles. The van der Waals surface area contributed by atoms with Gasteiger partial charge in [-0.3, -0.25) is 4.79 Å². The van der Waals surface area contributed by atoms with E-state index in [0.29, 0.717) is 0 Å². The first-order chi connectivity index (χ1) is 13.1. The molecular weight excluding hydrogens is 364 g/mol. The molecule has 4 heteroatoms. The van der Waals surface area contributed by atoms with Crippen LogP contribution in [0.5, 0.6) is 5.75 Å². The summed E-state index contributed by atoms with van der Waals surface area (Å²) >= 11 is 0. The van der Waals surface area contributed by atoms with Crippen molar-refractivity contribution in [1.82, 2.24) is 0 Å². The summed E-state index contributed by atoms with van der Waals surface area (Å²) < 4.78 is 13.3. The molecule has 2 aliphatic rings. The van der Waals surface area contributed by atoms with Crippen LogP contribution in [0.1, 0.15) is 60.8 Å². The van der Waals surface area contributed by atoms with E-state index < -0.39 is 8.32 Å². The van der Waals surface area contributed by atoms with Gasteiger partial charge in [0.1, 0.15) is 11.9 Å². The van der Waals surface area contributed by atoms with E-state index in [4.69, 9.17) is 9.16 Å². The summed E-state index contributed by atoms with van der Waals surface area (Å²) in [7, 11) is -2.03. The molecule has 0 bridgehead atoms. The highest BCUT2D eigenvalue weighted by Crippen LogP contribution is 2.50. The Morgan fingerprint density at radius 1 is 1.11 bits per heavy atom. The van der Waals surface area contributed by atoms with Crippen molar-refractivity contribution >= 4 is 25.7 Å². The molecule has 0 radical (unpaired) electrons. The maximum Gasteiger partial charge on any atom is 0.193 e. The molecule has 4 rings (SSSR count). The van der Waals surface area contributed by atoms with Crippen LogP contribution >= 0.6 is 0 Å². The number of benzene rings is 2. The number of ketones is 1. The molecule has 0 amide bonds. The Hall–Kier alpha value is -2.17. The van der Waals surface area contributed by atoms with Crippen LogP contribution < -0.4 is 4.74 Å². The summed E-state index contributed by atoms with van der Waals surface area (Å²) in [5.74, 6) is 0.982. The molecule has 1 aliphatic heterocycles. The van der Waals surface area contributed by atoms with Gasteiger partial charge in [0.05, 0.1) is 0 Å². The van der Waals surface area contributed by atoms with E-state index in [1.165, 1.54) is 0 Å². The summed E-state index contributed by atoms with van der Waals surface area (Å²) in [5.41, 5.74) is 5.16. The highest BCUT2D eigenvalue weighted by molar-refractivity contribution is 6.74. The van der Waals surface area contributed by atoms with Crippen LogP contribution in [0, 0.1) is 0 Å². The Bertz CT molecular complexity index is 982. The van der Waals surface area contributed by atoms with Gasteiger partial charge in [0.15, 0.2) is 20.2 Å². The van der Waals surface area contributed by atoms with Crippen molar-refractivity contribution in [2.24, 2.45) is 0 Å². The van der Waals surface area contributed by atoms with E-state index in [2.05, 4.69) is 46.0 Å². The molecule has 2 aromatic rings. The Morgan fingerprint density at radius 2 is 1.82 bits per heavy atom. The summed E-state index contributed by atoms with van der Waals surface area (Å²) in [5, 5.41) is 0.0965. The third-order valence-corrected chi connectivity index (χ3v) is 10.8. The summed E-state index contributed by atoms with van der Waals surface area (Å²) in [6.07, 6.45) is 1.84. The van der Waals surface area contributed by atoms with E-state index in [1.807, 2.05) is 36.4 Å². The molecule has 1 heterocycles. The number of carbonyl (C=O) groups excluding carboxylic acids is 1. The van der Waals surface area contributed by atoms with Crippen LogP contribution in [0.3, 0.4) is 0 Å². The zero-order chi connectivity index (χ0) is 20.3. The van der Waals surface area contributed by atoms with E-state index in [0.717, 1.165) is 33.6 Å². The molecule has 0 unspecified atom stereocenters. The maximum atomic E-state index is 11.9. The van der Waals surface area contributed by atoms with Gasteiger partial charge in [-0.25, -0.2) is 0 Å². The second-order valence-corrected chi connectivity index (χ2v) is 14.1. The minimum Gasteiger partial charge on any atom is -0.482 e. The van der Waals surface area contributed by atoms with Gasteiger partial charge in [0.25, 0.3) is 0 Å². The number of para-hydroxylation sites is 1. The Labute approximate surface area is 168 Å². The summed E-state index contributed by atoms with van der Waals surface area (Å²) in [4.78, 5) is 11.9. The predicted molar refractivity (Wildman–Crippen MR) is 116 cm³/mol. The van der Waals surface area contributed by atoms with Gasteiger partial charge >= 0.3 is 0 Å². The van der Waals surface area contributed by atoms with Crippen LogP contribution in [-0.2, 0) is 4.43 Å². The fourth-order valence-corrected chi connectivity index (χ4v) is 4.91. The average molecular weight is 393 g/mol. The average Bonchev–Trinajstić information content (AvgIpc) is 2.98. The standard InChI is InChI=1S/C24H28O3Si/c1-15(25)16-11-12-18-17(13-16)14-20-19-9-7-8-10-21(19)26-22(20)23(18)27-28(5,6)24(2,3)4/h7-14,22-23H,1-6H3/t22-,23-/m1/s1. The number of hydrogen-bond donors (Lipinski definition) is 0. The second-order valence-electron chi connectivity index (χ2n) is 9.33. The molecule has 1 aliphatic carbocycles. The van der Waals surface area contributed by atoms with Crippen LogP contribution in [0.25, 0.3) is 11.6 Å². The topological polar surface area (TPSA) is 35.5 Å². The minimum absolute atomic E-state index is 0.0771. The van der Waals surface area contributed by atoms with E-state index in [-0.39, 0.29) is 23.0 Å². The first-order valence-electron chi connectivity index (χ1n) is 9.89. The van der Waals surface area contributed by atoms with Crippen molar-refractivity contribution in [2.75, 3.05) is 0 Å². The molecule has 0 saturated carbocycles. The monoisotopic (exact) mass is 392 g/mol. The number of hydrogen-bond acceptors (Lipinski definition) is 3. The predicted octanol–water partition coefficient (Wildman–Crippen LogP) is 6.27. The van der Waals surface area contributed by atoms with Crippen molar-refractivity contribution in [3.63, 3.8) is 0 Å². The number of Topliss-reactive ketones (excluding diaryl/α,β-unsaturated/α-hetero) is 1. The van der Waals surface area contributed by atoms with Gasteiger partial charge < -0.3 is 9.16 Å². The molecule has 2 atom stereocenters. The first kappa shape index (κ1) is 19.2. The summed E-state index contributed by atoms with van der Waals surface area (Å²) in [6, 6.07) is 14.1. The van der Waals surface area contributed by atoms with E-state index in [9.17, 15) is 4.79 Å². The first-order valence-corrected chi connectivity index (χ1v) is 12.8. The number of carbonyl (C=O) groups is 1. The lowest BCUT2D eigenvalue weighted by atomic mass is 9.85. The zero-order valence-electron chi connectivity index (χ0n) is 17.5. The third-order valence-electron chi connectivity index (χ3n) is 6.37. The molecule has 0 fully saturated rings. The number of ether oxygens (including phenoxy) is 1. The van der Waals surface area contributed by atoms with Crippen LogP contribution in [0.2, 0.25) is 18.1 Å². The Kier molecular flexibility index (Phi) is 4.40. The second kappa shape index (κ2) is 6.43. The number of rotatable bonds is 3. The lowest BCUT2D eigenvalue weighted by Crippen LogP contribution is -2.45. The Morgan fingerprint density at radius 3 is 2.50 bits per heavy atom. The minimum atomic E-state index is -2.03. The Balaban J connectivity index is 1.85. The number of fused-ring (bicyclic) bond motifs is 4.